The standard InChI is InChI=1S/C12H13NO/c1-8(2)12-11-4-3-10(14)7-9(11)5-6-13-12/h3-6,8H,7H2,1-2H3. The number of pyridine rings is 1. The van der Waals surface area contributed by atoms with E-state index in [-0.39, 0.29) is 5.78 Å². The third-order valence-electron chi connectivity index (χ3n) is 2.46. The van der Waals surface area contributed by atoms with Gasteiger partial charge < -0.3 is 0 Å². The first-order valence-corrected chi connectivity index (χ1v) is 4.87. The second-order valence-electron chi connectivity index (χ2n) is 3.90. The molecule has 0 spiro atoms. The zero-order valence-electron chi connectivity index (χ0n) is 8.45. The molecule has 0 saturated carbocycles. The van der Waals surface area contributed by atoms with Crippen molar-refractivity contribution in [3.63, 3.8) is 0 Å². The molecule has 0 saturated heterocycles. The van der Waals surface area contributed by atoms with Crippen LogP contribution in [0.4, 0.5) is 0 Å². The lowest BCUT2D eigenvalue weighted by molar-refractivity contribution is -0.114. The number of carbonyl (C=O) groups excluding carboxylic acids is 1. The van der Waals surface area contributed by atoms with Crippen LogP contribution >= 0.6 is 0 Å². The number of carbonyl (C=O) groups is 1. The number of fused-ring (bicyclic) bond motifs is 1. The average molecular weight is 187 g/mol. The molecule has 1 aromatic rings. The Kier molecular flexibility index (Phi) is 2.20. The molecule has 0 radical (unpaired) electrons. The Balaban J connectivity index is 2.55. The molecule has 0 N–H and O–H groups in total. The predicted molar refractivity (Wildman–Crippen MR) is 56.1 cm³/mol. The summed E-state index contributed by atoms with van der Waals surface area (Å²) in [7, 11) is 0. The van der Waals surface area contributed by atoms with E-state index in [1.54, 1.807) is 12.3 Å². The Morgan fingerprint density at radius 2 is 2.14 bits per heavy atom. The second kappa shape index (κ2) is 3.37. The highest BCUT2D eigenvalue weighted by molar-refractivity contribution is 5.98. The number of ketones is 1. The van der Waals surface area contributed by atoms with Crippen molar-refractivity contribution in [2.24, 2.45) is 0 Å². The lowest BCUT2D eigenvalue weighted by Crippen LogP contribution is -2.09. The highest BCUT2D eigenvalue weighted by Crippen LogP contribution is 2.24. The Morgan fingerprint density at radius 3 is 2.86 bits per heavy atom. The molecule has 0 aromatic carbocycles. The maximum atomic E-state index is 11.2. The number of hydrogen-bond donors (Lipinski definition) is 0. The van der Waals surface area contributed by atoms with E-state index in [0.29, 0.717) is 12.3 Å². The van der Waals surface area contributed by atoms with Crippen LogP contribution in [0.25, 0.3) is 6.08 Å². The van der Waals surface area contributed by atoms with Gasteiger partial charge in [0.15, 0.2) is 5.78 Å². The van der Waals surface area contributed by atoms with Crippen molar-refractivity contribution in [3.8, 4) is 0 Å². The fourth-order valence-corrected chi connectivity index (χ4v) is 1.76. The topological polar surface area (TPSA) is 30.0 Å². The summed E-state index contributed by atoms with van der Waals surface area (Å²) in [5.41, 5.74) is 3.34. The van der Waals surface area contributed by atoms with Crippen molar-refractivity contribution in [3.05, 3.63) is 35.2 Å². The summed E-state index contributed by atoms with van der Waals surface area (Å²) in [6.07, 6.45) is 5.86. The van der Waals surface area contributed by atoms with Crippen molar-refractivity contribution in [2.75, 3.05) is 0 Å². The normalized spacial score (nSPS) is 14.6. The maximum absolute atomic E-state index is 11.2. The van der Waals surface area contributed by atoms with E-state index in [2.05, 4.69) is 18.8 Å². The molecule has 2 heteroatoms. The van der Waals surface area contributed by atoms with Crippen LogP contribution < -0.4 is 0 Å². The Morgan fingerprint density at radius 1 is 1.36 bits per heavy atom. The largest absolute Gasteiger partial charge is 0.294 e. The SMILES string of the molecule is CC(C)c1nccc2c1C=CC(=O)C2. The van der Waals surface area contributed by atoms with Gasteiger partial charge in [-0.25, -0.2) is 0 Å². The van der Waals surface area contributed by atoms with E-state index < -0.39 is 0 Å². The highest BCUT2D eigenvalue weighted by Gasteiger charge is 2.15. The Hall–Kier alpha value is -1.44. The zero-order chi connectivity index (χ0) is 10.1. The van der Waals surface area contributed by atoms with Crippen molar-refractivity contribution in [2.45, 2.75) is 26.2 Å². The molecule has 0 amide bonds. The maximum Gasteiger partial charge on any atom is 0.160 e. The van der Waals surface area contributed by atoms with Gasteiger partial charge in [-0.2, -0.15) is 0 Å². The Labute approximate surface area is 83.7 Å². The molecule has 2 rings (SSSR count). The summed E-state index contributed by atoms with van der Waals surface area (Å²) in [4.78, 5) is 15.6. The van der Waals surface area contributed by atoms with Crippen molar-refractivity contribution >= 4 is 11.9 Å². The van der Waals surface area contributed by atoms with E-state index in [1.165, 1.54) is 0 Å². The molecule has 0 bridgehead atoms. The van der Waals surface area contributed by atoms with Gasteiger partial charge in [0, 0.05) is 18.2 Å². The van der Waals surface area contributed by atoms with Crippen LogP contribution in [-0.4, -0.2) is 10.8 Å². The van der Waals surface area contributed by atoms with Crippen LogP contribution in [0.1, 0.15) is 36.6 Å². The van der Waals surface area contributed by atoms with E-state index in [1.807, 2.05) is 12.1 Å². The fourth-order valence-electron chi connectivity index (χ4n) is 1.76. The van der Waals surface area contributed by atoms with Crippen molar-refractivity contribution in [1.29, 1.82) is 0 Å². The third kappa shape index (κ3) is 1.48. The Bertz CT molecular complexity index is 405. The number of allylic oxidation sites excluding steroid dienone is 1. The third-order valence-corrected chi connectivity index (χ3v) is 2.46. The molecule has 2 nitrogen and oxygen atoms in total. The quantitative estimate of drug-likeness (QED) is 0.675. The van der Waals surface area contributed by atoms with Gasteiger partial charge in [0.25, 0.3) is 0 Å². The predicted octanol–water partition coefficient (Wildman–Crippen LogP) is 2.34. The first kappa shape index (κ1) is 9.13. The van der Waals surface area contributed by atoms with Gasteiger partial charge >= 0.3 is 0 Å². The summed E-state index contributed by atoms with van der Waals surface area (Å²) < 4.78 is 0. The van der Waals surface area contributed by atoms with Crippen LogP contribution in [0, 0.1) is 0 Å². The van der Waals surface area contributed by atoms with Gasteiger partial charge in [0.05, 0.1) is 5.69 Å². The van der Waals surface area contributed by atoms with Crippen molar-refractivity contribution in [1.82, 2.24) is 4.98 Å². The van der Waals surface area contributed by atoms with Crippen molar-refractivity contribution < 1.29 is 4.79 Å². The molecule has 1 aliphatic rings. The fraction of sp³-hybridized carbons (Fsp3) is 0.333. The summed E-state index contributed by atoms with van der Waals surface area (Å²) in [5, 5.41) is 0. The minimum atomic E-state index is 0.179. The lowest BCUT2D eigenvalue weighted by atomic mass is 9.92. The smallest absolute Gasteiger partial charge is 0.160 e. The lowest BCUT2D eigenvalue weighted by Gasteiger charge is -2.15. The van der Waals surface area contributed by atoms with Crippen LogP contribution in [-0.2, 0) is 11.2 Å². The van der Waals surface area contributed by atoms with E-state index in [4.69, 9.17) is 0 Å². The van der Waals surface area contributed by atoms with Crippen LogP contribution in [0.15, 0.2) is 18.3 Å². The van der Waals surface area contributed by atoms with Gasteiger partial charge in [0.1, 0.15) is 0 Å². The summed E-state index contributed by atoms with van der Waals surface area (Å²) in [6.45, 7) is 4.24. The monoisotopic (exact) mass is 187 g/mol. The minimum Gasteiger partial charge on any atom is -0.294 e. The van der Waals surface area contributed by atoms with Crippen LogP contribution in [0.5, 0.6) is 0 Å². The number of rotatable bonds is 1. The van der Waals surface area contributed by atoms with Gasteiger partial charge in [0.2, 0.25) is 0 Å². The molecule has 72 valence electrons. The molecular weight excluding hydrogens is 174 g/mol. The van der Waals surface area contributed by atoms with Gasteiger partial charge in [-0.05, 0) is 29.7 Å². The zero-order valence-corrected chi connectivity index (χ0v) is 8.45. The number of nitrogens with zero attached hydrogens (tertiary/aromatic N) is 1. The molecule has 0 fully saturated rings. The summed E-state index contributed by atoms with van der Waals surface area (Å²) >= 11 is 0. The number of aromatic nitrogens is 1. The van der Waals surface area contributed by atoms with E-state index in [0.717, 1.165) is 16.8 Å². The van der Waals surface area contributed by atoms with Gasteiger partial charge in [-0.1, -0.05) is 13.8 Å². The van der Waals surface area contributed by atoms with Crippen LogP contribution in [0.3, 0.4) is 0 Å². The summed E-state index contributed by atoms with van der Waals surface area (Å²) in [6, 6.07) is 1.93. The van der Waals surface area contributed by atoms with Crippen LogP contribution in [0.2, 0.25) is 0 Å². The van der Waals surface area contributed by atoms with E-state index in [9.17, 15) is 4.79 Å². The second-order valence-corrected chi connectivity index (χ2v) is 3.90. The van der Waals surface area contributed by atoms with E-state index >= 15 is 0 Å². The molecular formula is C12H13NO. The molecule has 0 aliphatic heterocycles. The summed E-state index contributed by atoms with van der Waals surface area (Å²) in [5.74, 6) is 0.584. The van der Waals surface area contributed by atoms with Gasteiger partial charge in [-0.3, -0.25) is 9.78 Å². The number of hydrogen-bond acceptors (Lipinski definition) is 2. The molecule has 0 atom stereocenters. The molecule has 1 heterocycles. The van der Waals surface area contributed by atoms with Gasteiger partial charge in [-0.15, -0.1) is 0 Å². The molecule has 1 aliphatic carbocycles. The first-order valence-electron chi connectivity index (χ1n) is 4.87. The molecule has 14 heavy (non-hydrogen) atoms. The molecule has 0 unspecified atom stereocenters. The molecule has 1 aromatic heterocycles. The average Bonchev–Trinajstić information content (AvgIpc) is 2.16. The highest BCUT2D eigenvalue weighted by atomic mass is 16.1. The first-order chi connectivity index (χ1) is 6.68. The minimum absolute atomic E-state index is 0.179.